The third-order valence-corrected chi connectivity index (χ3v) is 0.630. The molecule has 0 radical (unpaired) electrons. The summed E-state index contributed by atoms with van der Waals surface area (Å²) < 4.78 is 22.7. The van der Waals surface area contributed by atoms with Crippen molar-refractivity contribution in [2.45, 2.75) is 0 Å². The second kappa shape index (κ2) is 7.47. The first-order valence-corrected chi connectivity index (χ1v) is 2.60. The summed E-state index contributed by atoms with van der Waals surface area (Å²) in [4.78, 5) is 0. The molecule has 44 valence electrons. The molecule has 0 aliphatic heterocycles. The maximum absolute atomic E-state index is 9.42. The SMILES string of the molecule is O=[S-](=O)OCCO.[Li+]. The molecule has 0 aliphatic rings. The van der Waals surface area contributed by atoms with Crippen LogP contribution in [0.2, 0.25) is 0 Å². The van der Waals surface area contributed by atoms with Crippen LogP contribution in [0, 0.1) is 0 Å². The van der Waals surface area contributed by atoms with E-state index in [1.165, 1.54) is 0 Å². The van der Waals surface area contributed by atoms with Crippen LogP contribution in [0.5, 0.6) is 0 Å². The molecule has 0 spiro atoms. The van der Waals surface area contributed by atoms with Crippen LogP contribution in [-0.2, 0) is 23.6 Å². The molecule has 0 saturated carbocycles. The van der Waals surface area contributed by atoms with Crippen molar-refractivity contribution in [2.24, 2.45) is 0 Å². The number of rotatable bonds is 3. The van der Waals surface area contributed by atoms with Crippen molar-refractivity contribution in [2.75, 3.05) is 13.2 Å². The summed E-state index contributed by atoms with van der Waals surface area (Å²) in [5, 5.41) is 7.92. The van der Waals surface area contributed by atoms with Crippen LogP contribution in [0.3, 0.4) is 0 Å². The molecular formula is C2H5LiO4S. The van der Waals surface area contributed by atoms with Gasteiger partial charge in [0.05, 0.1) is 24.2 Å². The van der Waals surface area contributed by atoms with Crippen LogP contribution in [0.25, 0.3) is 0 Å². The van der Waals surface area contributed by atoms with E-state index in [0.29, 0.717) is 0 Å². The van der Waals surface area contributed by atoms with E-state index in [9.17, 15) is 8.42 Å². The molecule has 0 saturated heterocycles. The molecule has 0 aromatic rings. The van der Waals surface area contributed by atoms with Gasteiger partial charge in [0.15, 0.2) is 0 Å². The Hall–Kier alpha value is 0.467. The number of hydrogen-bond acceptors (Lipinski definition) is 5. The van der Waals surface area contributed by atoms with Crippen molar-refractivity contribution in [1.29, 1.82) is 0 Å². The standard InChI is InChI=1S/C2H5O4S.Li/c3-1-2-6-7(4)5;/h3H,1-2H2;/q-1;+1. The summed E-state index contributed by atoms with van der Waals surface area (Å²) in [5.74, 6) is 0. The molecule has 0 bridgehead atoms. The van der Waals surface area contributed by atoms with Crippen molar-refractivity contribution in [1.82, 2.24) is 0 Å². The van der Waals surface area contributed by atoms with E-state index in [2.05, 4.69) is 4.18 Å². The molecule has 0 amide bonds. The van der Waals surface area contributed by atoms with Gasteiger partial charge in [0, 0.05) is 0 Å². The minimum Gasteiger partial charge on any atom is -0.422 e. The Morgan fingerprint density at radius 3 is 2.12 bits per heavy atom. The van der Waals surface area contributed by atoms with Crippen LogP contribution >= 0.6 is 0 Å². The fraction of sp³-hybridized carbons (Fsp3) is 1.00. The summed E-state index contributed by atoms with van der Waals surface area (Å²) in [7, 11) is -2.48. The first-order valence-electron chi connectivity index (χ1n) is 1.60. The Bertz CT molecular complexity index is 92.2. The molecule has 0 rings (SSSR count). The van der Waals surface area contributed by atoms with Gasteiger partial charge in [-0.05, 0) is 0 Å². The third kappa shape index (κ3) is 9.69. The third-order valence-electron chi connectivity index (χ3n) is 0.271. The van der Waals surface area contributed by atoms with Crippen molar-refractivity contribution < 1.29 is 36.6 Å². The molecular weight excluding hydrogens is 127 g/mol. The Kier molecular flexibility index (Phi) is 10.5. The van der Waals surface area contributed by atoms with Crippen molar-refractivity contribution in [3.8, 4) is 0 Å². The Morgan fingerprint density at radius 2 is 2.00 bits per heavy atom. The number of hydrogen-bond donors (Lipinski definition) is 1. The minimum absolute atomic E-state index is 0. The zero-order valence-corrected chi connectivity index (χ0v) is 5.31. The van der Waals surface area contributed by atoms with Gasteiger partial charge >= 0.3 is 18.9 Å². The maximum Gasteiger partial charge on any atom is 1.00 e. The molecule has 8 heavy (non-hydrogen) atoms. The van der Waals surface area contributed by atoms with E-state index in [1.54, 1.807) is 0 Å². The van der Waals surface area contributed by atoms with Crippen LogP contribution in [0.15, 0.2) is 0 Å². The summed E-state index contributed by atoms with van der Waals surface area (Å²) in [6.07, 6.45) is 0. The van der Waals surface area contributed by atoms with E-state index in [4.69, 9.17) is 5.11 Å². The molecule has 0 atom stereocenters. The second-order valence-electron chi connectivity index (χ2n) is 0.750. The Morgan fingerprint density at radius 1 is 1.50 bits per heavy atom. The molecule has 0 heterocycles. The number of aliphatic hydroxyl groups is 1. The topological polar surface area (TPSA) is 63.6 Å². The molecule has 0 aromatic carbocycles. The van der Waals surface area contributed by atoms with E-state index >= 15 is 0 Å². The van der Waals surface area contributed by atoms with Crippen LogP contribution in [0.1, 0.15) is 0 Å². The molecule has 4 nitrogen and oxygen atoms in total. The maximum atomic E-state index is 9.42. The van der Waals surface area contributed by atoms with E-state index in [0.717, 1.165) is 0 Å². The molecule has 1 N–H and O–H groups in total. The predicted octanol–water partition coefficient (Wildman–Crippen LogP) is -3.78. The molecule has 0 aliphatic carbocycles. The number of aliphatic hydroxyl groups excluding tert-OH is 1. The van der Waals surface area contributed by atoms with E-state index in [-0.39, 0.29) is 32.1 Å². The fourth-order valence-corrected chi connectivity index (χ4v) is 0.316. The van der Waals surface area contributed by atoms with Crippen molar-refractivity contribution >= 4 is 11.0 Å². The monoisotopic (exact) mass is 132 g/mol. The van der Waals surface area contributed by atoms with Gasteiger partial charge in [0.2, 0.25) is 0 Å². The fourth-order valence-electron chi connectivity index (χ4n) is 0.105. The molecule has 6 heteroatoms. The summed E-state index contributed by atoms with van der Waals surface area (Å²) >= 11 is 0. The zero-order valence-electron chi connectivity index (χ0n) is 4.49. The average Bonchev–Trinajstić information content (AvgIpc) is 1.61. The Labute approximate surface area is 61.2 Å². The van der Waals surface area contributed by atoms with Gasteiger partial charge in [0.1, 0.15) is 0 Å². The largest absolute Gasteiger partial charge is 1.00 e. The normalized spacial score (nSPS) is 8.75. The zero-order chi connectivity index (χ0) is 5.70. The van der Waals surface area contributed by atoms with Gasteiger partial charge in [-0.1, -0.05) is 0 Å². The second-order valence-corrected chi connectivity index (χ2v) is 1.39. The van der Waals surface area contributed by atoms with Crippen LogP contribution in [0.4, 0.5) is 0 Å². The van der Waals surface area contributed by atoms with Crippen molar-refractivity contribution in [3.63, 3.8) is 0 Å². The Balaban J connectivity index is 0. The van der Waals surface area contributed by atoms with E-state index in [1.807, 2.05) is 0 Å². The van der Waals surface area contributed by atoms with Gasteiger partial charge in [0.25, 0.3) is 0 Å². The predicted molar refractivity (Wildman–Crippen MR) is 21.8 cm³/mol. The van der Waals surface area contributed by atoms with Crippen molar-refractivity contribution in [3.05, 3.63) is 0 Å². The molecule has 0 aromatic heterocycles. The summed E-state index contributed by atoms with van der Waals surface area (Å²) in [5.41, 5.74) is 0. The van der Waals surface area contributed by atoms with E-state index < -0.39 is 11.0 Å². The van der Waals surface area contributed by atoms with Crippen LogP contribution < -0.4 is 18.9 Å². The average molecular weight is 132 g/mol. The van der Waals surface area contributed by atoms with Gasteiger partial charge in [-0.2, -0.15) is 0 Å². The van der Waals surface area contributed by atoms with Gasteiger partial charge in [-0.25, -0.2) is 0 Å². The molecule has 0 unspecified atom stereocenters. The van der Waals surface area contributed by atoms with Gasteiger partial charge in [-0.15, -0.1) is 0 Å². The first kappa shape index (κ1) is 11.3. The summed E-state index contributed by atoms with van der Waals surface area (Å²) in [6.45, 7) is -0.426. The summed E-state index contributed by atoms with van der Waals surface area (Å²) in [6, 6.07) is 0. The quantitative estimate of drug-likeness (QED) is 0.316. The first-order chi connectivity index (χ1) is 3.27. The van der Waals surface area contributed by atoms with Gasteiger partial charge in [-0.3, -0.25) is 0 Å². The van der Waals surface area contributed by atoms with Gasteiger partial charge < -0.3 is 17.7 Å². The smallest absolute Gasteiger partial charge is 0.422 e. The molecule has 0 fully saturated rings. The van der Waals surface area contributed by atoms with Crippen LogP contribution in [-0.4, -0.2) is 18.3 Å². The minimum atomic E-state index is -2.48.